The van der Waals surface area contributed by atoms with Gasteiger partial charge in [-0.3, -0.25) is 4.79 Å². The van der Waals surface area contributed by atoms with E-state index in [4.69, 9.17) is 4.74 Å². The molecule has 0 spiro atoms. The molecular formula is C22H23N5O2. The second kappa shape index (κ2) is 8.70. The molecule has 0 atom stereocenters. The van der Waals surface area contributed by atoms with E-state index < -0.39 is 0 Å². The summed E-state index contributed by atoms with van der Waals surface area (Å²) < 4.78 is 5.91. The maximum atomic E-state index is 12.8. The normalized spacial score (nSPS) is 14.4. The smallest absolute Gasteiger partial charge is 0.274 e. The zero-order valence-corrected chi connectivity index (χ0v) is 16.3. The summed E-state index contributed by atoms with van der Waals surface area (Å²) in [7, 11) is 2.09. The summed E-state index contributed by atoms with van der Waals surface area (Å²) in [5.74, 6) is 1.56. The van der Waals surface area contributed by atoms with Crippen molar-refractivity contribution < 1.29 is 9.53 Å². The summed E-state index contributed by atoms with van der Waals surface area (Å²) in [5, 5.41) is 2.90. The molecule has 0 saturated carbocycles. The highest BCUT2D eigenvalue weighted by Crippen LogP contribution is 2.29. The van der Waals surface area contributed by atoms with Crippen LogP contribution in [0, 0.1) is 0 Å². The predicted molar refractivity (Wildman–Crippen MR) is 113 cm³/mol. The first-order valence-electron chi connectivity index (χ1n) is 9.59. The van der Waals surface area contributed by atoms with Gasteiger partial charge in [-0.2, -0.15) is 0 Å². The average Bonchev–Trinajstić information content (AvgIpc) is 2.76. The first-order chi connectivity index (χ1) is 14.2. The zero-order chi connectivity index (χ0) is 20.1. The van der Waals surface area contributed by atoms with E-state index in [1.807, 2.05) is 48.5 Å². The Morgan fingerprint density at radius 3 is 2.48 bits per heavy atom. The van der Waals surface area contributed by atoms with Crippen LogP contribution in [0.25, 0.3) is 0 Å². The van der Waals surface area contributed by atoms with Crippen LogP contribution in [0.4, 0.5) is 11.6 Å². The number of rotatable bonds is 5. The number of aromatic nitrogens is 2. The molecule has 0 aliphatic carbocycles. The van der Waals surface area contributed by atoms with E-state index in [0.29, 0.717) is 28.8 Å². The Balaban J connectivity index is 1.49. The molecule has 1 saturated heterocycles. The number of amides is 1. The Morgan fingerprint density at radius 1 is 0.966 bits per heavy atom. The van der Waals surface area contributed by atoms with Gasteiger partial charge in [0.15, 0.2) is 5.75 Å². The number of carbonyl (C=O) groups excluding carboxylic acids is 1. The van der Waals surface area contributed by atoms with Gasteiger partial charge >= 0.3 is 0 Å². The SMILES string of the molecule is CN1CCN(c2nccc(C(=O)Nc3ccccc3Oc3ccccc3)n2)CC1. The molecule has 2 heterocycles. The van der Waals surface area contributed by atoms with Gasteiger partial charge in [-0.25, -0.2) is 9.97 Å². The van der Waals surface area contributed by atoms with Gasteiger partial charge in [-0.1, -0.05) is 30.3 Å². The van der Waals surface area contributed by atoms with Gasteiger partial charge in [-0.15, -0.1) is 0 Å². The summed E-state index contributed by atoms with van der Waals surface area (Å²) in [5.41, 5.74) is 0.907. The summed E-state index contributed by atoms with van der Waals surface area (Å²) >= 11 is 0. The van der Waals surface area contributed by atoms with Gasteiger partial charge in [0, 0.05) is 32.4 Å². The number of carbonyl (C=O) groups is 1. The molecule has 0 unspecified atom stereocenters. The second-order valence-electron chi connectivity index (χ2n) is 6.90. The van der Waals surface area contributed by atoms with E-state index in [9.17, 15) is 4.79 Å². The van der Waals surface area contributed by atoms with Crippen LogP contribution in [0.15, 0.2) is 66.9 Å². The lowest BCUT2D eigenvalue weighted by Gasteiger charge is -2.32. The first-order valence-corrected chi connectivity index (χ1v) is 9.59. The third-order valence-corrected chi connectivity index (χ3v) is 4.77. The highest BCUT2D eigenvalue weighted by molar-refractivity contribution is 6.03. The van der Waals surface area contributed by atoms with Crippen molar-refractivity contribution in [3.8, 4) is 11.5 Å². The minimum Gasteiger partial charge on any atom is -0.455 e. The molecular weight excluding hydrogens is 366 g/mol. The number of benzene rings is 2. The monoisotopic (exact) mass is 389 g/mol. The van der Waals surface area contributed by atoms with E-state index in [1.165, 1.54) is 0 Å². The van der Waals surface area contributed by atoms with Crippen molar-refractivity contribution in [2.75, 3.05) is 43.4 Å². The molecule has 1 amide bonds. The number of anilines is 2. The van der Waals surface area contributed by atoms with Crippen molar-refractivity contribution in [1.29, 1.82) is 0 Å². The Kier molecular flexibility index (Phi) is 5.67. The summed E-state index contributed by atoms with van der Waals surface area (Å²) in [4.78, 5) is 26.0. The van der Waals surface area contributed by atoms with Crippen molar-refractivity contribution in [2.24, 2.45) is 0 Å². The van der Waals surface area contributed by atoms with Crippen molar-refractivity contribution in [1.82, 2.24) is 14.9 Å². The minimum absolute atomic E-state index is 0.299. The van der Waals surface area contributed by atoms with E-state index in [1.54, 1.807) is 18.3 Å². The van der Waals surface area contributed by atoms with Gasteiger partial charge in [0.05, 0.1) is 5.69 Å². The van der Waals surface area contributed by atoms with Gasteiger partial charge < -0.3 is 19.9 Å². The number of likely N-dealkylation sites (N-methyl/N-ethyl adjacent to an activating group) is 1. The lowest BCUT2D eigenvalue weighted by atomic mass is 10.2. The zero-order valence-electron chi connectivity index (χ0n) is 16.3. The summed E-state index contributed by atoms with van der Waals surface area (Å²) in [6.07, 6.45) is 1.63. The maximum absolute atomic E-state index is 12.8. The molecule has 2 aromatic carbocycles. The fraction of sp³-hybridized carbons (Fsp3) is 0.227. The van der Waals surface area contributed by atoms with Gasteiger partial charge in [0.2, 0.25) is 5.95 Å². The molecule has 0 bridgehead atoms. The Morgan fingerprint density at radius 2 is 1.69 bits per heavy atom. The predicted octanol–water partition coefficient (Wildman–Crippen LogP) is 3.27. The lowest BCUT2D eigenvalue weighted by Crippen LogP contribution is -2.45. The van der Waals surface area contributed by atoms with Crippen LogP contribution in [-0.4, -0.2) is 54.0 Å². The quantitative estimate of drug-likeness (QED) is 0.722. The van der Waals surface area contributed by atoms with Crippen LogP contribution in [0.5, 0.6) is 11.5 Å². The topological polar surface area (TPSA) is 70.6 Å². The average molecular weight is 389 g/mol. The number of nitrogens with zero attached hydrogens (tertiary/aromatic N) is 4. The van der Waals surface area contributed by atoms with Crippen LogP contribution in [-0.2, 0) is 0 Å². The Hall–Kier alpha value is -3.45. The molecule has 7 heteroatoms. The fourth-order valence-corrected chi connectivity index (χ4v) is 3.09. The second-order valence-corrected chi connectivity index (χ2v) is 6.90. The standard InChI is InChI=1S/C22H23N5O2/c1-26-13-15-27(16-14-26)22-23-12-11-19(25-22)21(28)24-18-9-5-6-10-20(18)29-17-7-3-2-4-8-17/h2-12H,13-16H2,1H3,(H,24,28). The molecule has 1 aliphatic heterocycles. The van der Waals surface area contributed by atoms with Crippen LogP contribution >= 0.6 is 0 Å². The molecule has 7 nitrogen and oxygen atoms in total. The maximum Gasteiger partial charge on any atom is 0.274 e. The van der Waals surface area contributed by atoms with Crippen LogP contribution in [0.1, 0.15) is 10.5 Å². The molecule has 1 aromatic heterocycles. The molecule has 3 aromatic rings. The number of nitrogens with one attached hydrogen (secondary N) is 1. The molecule has 1 fully saturated rings. The van der Waals surface area contributed by atoms with Crippen molar-refractivity contribution >= 4 is 17.5 Å². The third kappa shape index (κ3) is 4.70. The minimum atomic E-state index is -0.299. The van der Waals surface area contributed by atoms with Gasteiger partial charge in [-0.05, 0) is 37.4 Å². The number of hydrogen-bond acceptors (Lipinski definition) is 6. The molecule has 29 heavy (non-hydrogen) atoms. The van der Waals surface area contributed by atoms with Crippen molar-refractivity contribution in [2.45, 2.75) is 0 Å². The Bertz CT molecular complexity index is 972. The van der Waals surface area contributed by atoms with E-state index >= 15 is 0 Å². The van der Waals surface area contributed by atoms with Crippen LogP contribution < -0.4 is 15.0 Å². The first kappa shape index (κ1) is 18.9. The number of piperazine rings is 1. The number of para-hydroxylation sites is 3. The van der Waals surface area contributed by atoms with Crippen molar-refractivity contribution in [3.05, 3.63) is 72.6 Å². The number of ether oxygens (including phenoxy) is 1. The van der Waals surface area contributed by atoms with Crippen LogP contribution in [0.3, 0.4) is 0 Å². The summed E-state index contributed by atoms with van der Waals surface area (Å²) in [6, 6.07) is 18.4. The van der Waals surface area contributed by atoms with Crippen molar-refractivity contribution in [3.63, 3.8) is 0 Å². The van der Waals surface area contributed by atoms with E-state index in [2.05, 4.69) is 32.1 Å². The third-order valence-electron chi connectivity index (χ3n) is 4.77. The lowest BCUT2D eigenvalue weighted by molar-refractivity contribution is 0.102. The molecule has 0 radical (unpaired) electrons. The molecule has 148 valence electrons. The van der Waals surface area contributed by atoms with Crippen LogP contribution in [0.2, 0.25) is 0 Å². The largest absolute Gasteiger partial charge is 0.455 e. The molecule has 1 aliphatic rings. The summed E-state index contributed by atoms with van der Waals surface area (Å²) in [6.45, 7) is 3.58. The van der Waals surface area contributed by atoms with Gasteiger partial charge in [0.1, 0.15) is 11.4 Å². The highest BCUT2D eigenvalue weighted by atomic mass is 16.5. The molecule has 4 rings (SSSR count). The van der Waals surface area contributed by atoms with E-state index in [-0.39, 0.29) is 5.91 Å². The Labute approximate surface area is 170 Å². The van der Waals surface area contributed by atoms with E-state index in [0.717, 1.165) is 26.2 Å². The highest BCUT2D eigenvalue weighted by Gasteiger charge is 2.18. The fourth-order valence-electron chi connectivity index (χ4n) is 3.09. The molecule has 1 N–H and O–H groups in total. The number of hydrogen-bond donors (Lipinski definition) is 1. The van der Waals surface area contributed by atoms with Gasteiger partial charge in [0.25, 0.3) is 5.91 Å².